The topological polar surface area (TPSA) is 59.0 Å². The summed E-state index contributed by atoms with van der Waals surface area (Å²) in [6, 6.07) is -0.565. The van der Waals surface area contributed by atoms with Gasteiger partial charge in [0.1, 0.15) is 12.3 Å². The highest BCUT2D eigenvalue weighted by molar-refractivity contribution is 5.68. The number of ether oxygens (including phenoxy) is 2. The Kier molecular flexibility index (Phi) is 4.45. The molecule has 0 aromatic carbocycles. The largest absolute Gasteiger partial charge is 0.444 e. The maximum absolute atomic E-state index is 12.8. The number of nitrogens with zero attached hydrogens (tertiary/aromatic N) is 1. The number of aliphatic hydroxyl groups excluding tert-OH is 1. The van der Waals surface area contributed by atoms with Crippen LogP contribution in [-0.4, -0.2) is 46.9 Å². The molecule has 8 heteroatoms. The fourth-order valence-electron chi connectivity index (χ4n) is 2.68. The molecule has 1 unspecified atom stereocenters. The Labute approximate surface area is 126 Å². The number of allylic oxidation sites excluding steroid dienone is 1. The number of aliphatic hydroxyl groups is 1. The highest BCUT2D eigenvalue weighted by atomic mass is 19.4. The second-order valence-corrected chi connectivity index (χ2v) is 6.53. The first-order valence-electron chi connectivity index (χ1n) is 7.04. The molecule has 1 N–H and O–H groups in total. The SMILES string of the molecule is CC(C)(C)OC(=O)N1COC(O)[C@H]2CC(C(F)(F)F)=CC[C@@H]21. The Bertz CT molecular complexity index is 470. The van der Waals surface area contributed by atoms with Crippen LogP contribution in [0.3, 0.4) is 0 Å². The summed E-state index contributed by atoms with van der Waals surface area (Å²) in [6.45, 7) is 4.89. The Morgan fingerprint density at radius 1 is 1.41 bits per heavy atom. The van der Waals surface area contributed by atoms with Gasteiger partial charge in [0.2, 0.25) is 0 Å². The van der Waals surface area contributed by atoms with Crippen molar-refractivity contribution in [3.63, 3.8) is 0 Å². The van der Waals surface area contributed by atoms with Crippen LogP contribution >= 0.6 is 0 Å². The molecule has 0 aromatic heterocycles. The van der Waals surface area contributed by atoms with Crippen molar-refractivity contribution in [3.05, 3.63) is 11.6 Å². The van der Waals surface area contributed by atoms with E-state index in [0.717, 1.165) is 6.08 Å². The standard InChI is InChI=1S/C14H20F3NO4/c1-13(2,3)22-12(20)18-7-21-11(19)9-6-8(14(15,16)17)4-5-10(9)18/h4,9-11,19H,5-7H2,1-3H3/t9-,10-,11?/m0/s1. The van der Waals surface area contributed by atoms with Crippen LogP contribution in [0.2, 0.25) is 0 Å². The lowest BCUT2D eigenvalue weighted by Gasteiger charge is -2.45. The Balaban J connectivity index is 2.17. The fourth-order valence-corrected chi connectivity index (χ4v) is 2.68. The van der Waals surface area contributed by atoms with Crippen molar-refractivity contribution < 1.29 is 32.5 Å². The summed E-state index contributed by atoms with van der Waals surface area (Å²) in [5.41, 5.74) is -1.41. The summed E-state index contributed by atoms with van der Waals surface area (Å²) in [4.78, 5) is 13.4. The Morgan fingerprint density at radius 2 is 2.05 bits per heavy atom. The number of amides is 1. The molecular formula is C14H20F3NO4. The molecule has 22 heavy (non-hydrogen) atoms. The maximum Gasteiger partial charge on any atom is 0.412 e. The Morgan fingerprint density at radius 3 is 2.59 bits per heavy atom. The van der Waals surface area contributed by atoms with E-state index < -0.39 is 41.7 Å². The van der Waals surface area contributed by atoms with Crippen molar-refractivity contribution in [3.8, 4) is 0 Å². The number of rotatable bonds is 0. The van der Waals surface area contributed by atoms with E-state index in [1.54, 1.807) is 20.8 Å². The van der Waals surface area contributed by atoms with Crippen molar-refractivity contribution in [1.82, 2.24) is 4.90 Å². The number of alkyl halides is 3. The smallest absolute Gasteiger partial charge is 0.412 e. The van der Waals surface area contributed by atoms with E-state index in [1.165, 1.54) is 4.90 Å². The second-order valence-electron chi connectivity index (χ2n) is 6.53. The Hall–Kier alpha value is -1.28. The summed E-state index contributed by atoms with van der Waals surface area (Å²) in [5, 5.41) is 9.82. The van der Waals surface area contributed by atoms with E-state index in [1.807, 2.05) is 0 Å². The number of carbonyl (C=O) groups excluding carboxylic acids is 1. The minimum atomic E-state index is -4.43. The van der Waals surface area contributed by atoms with Gasteiger partial charge in [0.05, 0.1) is 0 Å². The van der Waals surface area contributed by atoms with Gasteiger partial charge in [-0.25, -0.2) is 4.79 Å². The molecule has 1 saturated heterocycles. The molecular weight excluding hydrogens is 303 g/mol. The summed E-state index contributed by atoms with van der Waals surface area (Å²) in [7, 11) is 0. The van der Waals surface area contributed by atoms with Crippen LogP contribution in [0.15, 0.2) is 11.6 Å². The van der Waals surface area contributed by atoms with E-state index in [0.29, 0.717) is 0 Å². The minimum absolute atomic E-state index is 0.0131. The quantitative estimate of drug-likeness (QED) is 0.697. The molecule has 5 nitrogen and oxygen atoms in total. The normalized spacial score (nSPS) is 29.7. The molecule has 0 saturated carbocycles. The fraction of sp³-hybridized carbons (Fsp3) is 0.786. The molecule has 1 aliphatic heterocycles. The van der Waals surface area contributed by atoms with Gasteiger partial charge in [0, 0.05) is 17.5 Å². The number of hydrogen-bond acceptors (Lipinski definition) is 4. The van der Waals surface area contributed by atoms with Gasteiger partial charge < -0.3 is 14.6 Å². The molecule has 1 heterocycles. The van der Waals surface area contributed by atoms with Gasteiger partial charge in [-0.15, -0.1) is 0 Å². The van der Waals surface area contributed by atoms with Gasteiger partial charge in [0.25, 0.3) is 0 Å². The van der Waals surface area contributed by atoms with Gasteiger partial charge >= 0.3 is 12.3 Å². The number of fused-ring (bicyclic) bond motifs is 1. The molecule has 1 amide bonds. The van der Waals surface area contributed by atoms with Crippen LogP contribution in [0, 0.1) is 5.92 Å². The molecule has 1 aliphatic carbocycles. The highest BCUT2D eigenvalue weighted by Gasteiger charge is 2.47. The summed E-state index contributed by atoms with van der Waals surface area (Å²) < 4.78 is 48.7. The number of hydrogen-bond donors (Lipinski definition) is 1. The molecule has 2 rings (SSSR count). The summed E-state index contributed by atoms with van der Waals surface area (Å²) in [6.07, 6.45) is -5.70. The van der Waals surface area contributed by atoms with Gasteiger partial charge in [-0.2, -0.15) is 13.2 Å². The monoisotopic (exact) mass is 323 g/mol. The zero-order chi connectivity index (χ0) is 16.7. The number of halogens is 3. The summed E-state index contributed by atoms with van der Waals surface area (Å²) in [5.74, 6) is -0.817. The van der Waals surface area contributed by atoms with E-state index in [9.17, 15) is 23.1 Å². The number of carbonyl (C=O) groups is 1. The zero-order valence-corrected chi connectivity index (χ0v) is 12.7. The van der Waals surface area contributed by atoms with Crippen molar-refractivity contribution in [2.75, 3.05) is 6.73 Å². The van der Waals surface area contributed by atoms with Gasteiger partial charge in [-0.3, -0.25) is 4.90 Å². The van der Waals surface area contributed by atoms with E-state index >= 15 is 0 Å². The molecule has 0 aromatic rings. The third kappa shape index (κ3) is 3.73. The predicted octanol–water partition coefficient (Wildman–Crippen LogP) is 2.80. The van der Waals surface area contributed by atoms with Crippen LogP contribution in [0.5, 0.6) is 0 Å². The minimum Gasteiger partial charge on any atom is -0.444 e. The molecule has 3 atom stereocenters. The molecule has 1 fully saturated rings. The van der Waals surface area contributed by atoms with Crippen LogP contribution in [0.4, 0.5) is 18.0 Å². The molecule has 0 radical (unpaired) electrons. The van der Waals surface area contributed by atoms with Crippen molar-refractivity contribution >= 4 is 6.09 Å². The highest BCUT2D eigenvalue weighted by Crippen LogP contribution is 2.40. The van der Waals surface area contributed by atoms with Crippen LogP contribution in [0.1, 0.15) is 33.6 Å². The zero-order valence-electron chi connectivity index (χ0n) is 12.7. The van der Waals surface area contributed by atoms with E-state index in [4.69, 9.17) is 9.47 Å². The lowest BCUT2D eigenvalue weighted by atomic mass is 9.82. The molecule has 0 bridgehead atoms. The van der Waals surface area contributed by atoms with Gasteiger partial charge in [-0.1, -0.05) is 6.08 Å². The van der Waals surface area contributed by atoms with E-state index in [2.05, 4.69) is 0 Å². The first-order valence-corrected chi connectivity index (χ1v) is 7.04. The molecule has 0 spiro atoms. The lowest BCUT2D eigenvalue weighted by molar-refractivity contribution is -0.218. The maximum atomic E-state index is 12.8. The van der Waals surface area contributed by atoms with Gasteiger partial charge in [-0.05, 0) is 33.6 Å². The van der Waals surface area contributed by atoms with Crippen LogP contribution in [0.25, 0.3) is 0 Å². The van der Waals surface area contributed by atoms with Crippen molar-refractivity contribution in [2.24, 2.45) is 5.92 Å². The van der Waals surface area contributed by atoms with Gasteiger partial charge in [0.15, 0.2) is 6.29 Å². The van der Waals surface area contributed by atoms with Crippen molar-refractivity contribution in [2.45, 2.75) is 57.7 Å². The third-order valence-corrected chi connectivity index (χ3v) is 3.70. The molecule has 126 valence electrons. The second kappa shape index (κ2) is 5.73. The predicted molar refractivity (Wildman–Crippen MR) is 70.7 cm³/mol. The third-order valence-electron chi connectivity index (χ3n) is 3.70. The van der Waals surface area contributed by atoms with Crippen molar-refractivity contribution in [1.29, 1.82) is 0 Å². The van der Waals surface area contributed by atoms with Crippen LogP contribution in [-0.2, 0) is 9.47 Å². The van der Waals surface area contributed by atoms with Crippen LogP contribution < -0.4 is 0 Å². The molecule has 2 aliphatic rings. The van der Waals surface area contributed by atoms with E-state index in [-0.39, 0.29) is 19.6 Å². The average Bonchev–Trinajstić information content (AvgIpc) is 2.35. The lowest BCUT2D eigenvalue weighted by Crippen LogP contribution is -2.56. The first-order chi connectivity index (χ1) is 9.99. The summed E-state index contributed by atoms with van der Waals surface area (Å²) >= 11 is 0. The average molecular weight is 323 g/mol. The first kappa shape index (κ1) is 17.1.